The lowest BCUT2D eigenvalue weighted by Crippen LogP contribution is -1.91. The maximum Gasteiger partial charge on any atom is 0.220 e. The molecule has 0 saturated heterocycles. The molecule has 1 aromatic heterocycles. The van der Waals surface area contributed by atoms with Crippen LogP contribution in [-0.2, 0) is 0 Å². The van der Waals surface area contributed by atoms with Crippen LogP contribution in [0.3, 0.4) is 0 Å². The molecular formula is C13H9BrN2O. The Morgan fingerprint density at radius 3 is 2.82 bits per heavy atom. The fourth-order valence-electron chi connectivity index (χ4n) is 1.41. The van der Waals surface area contributed by atoms with Gasteiger partial charge >= 0.3 is 0 Å². The SMILES string of the molecule is Cc1cc(C#N)cc(Oc2cccc(Br)c2)n1. The second kappa shape index (κ2) is 4.98. The molecule has 0 fully saturated rings. The van der Waals surface area contributed by atoms with Crippen molar-refractivity contribution >= 4 is 15.9 Å². The van der Waals surface area contributed by atoms with Crippen LogP contribution in [0.25, 0.3) is 0 Å². The standard InChI is InChI=1S/C13H9BrN2O/c1-9-5-10(8-15)6-13(16-9)17-12-4-2-3-11(14)7-12/h2-7H,1H3. The van der Waals surface area contributed by atoms with E-state index in [2.05, 4.69) is 27.0 Å². The van der Waals surface area contributed by atoms with E-state index in [1.54, 1.807) is 12.1 Å². The van der Waals surface area contributed by atoms with Crippen molar-refractivity contribution in [3.63, 3.8) is 0 Å². The Kier molecular flexibility index (Phi) is 3.40. The molecule has 0 N–H and O–H groups in total. The van der Waals surface area contributed by atoms with E-state index < -0.39 is 0 Å². The monoisotopic (exact) mass is 288 g/mol. The van der Waals surface area contributed by atoms with E-state index in [1.165, 1.54) is 0 Å². The van der Waals surface area contributed by atoms with E-state index in [9.17, 15) is 0 Å². The molecule has 0 saturated carbocycles. The van der Waals surface area contributed by atoms with Crippen LogP contribution < -0.4 is 4.74 Å². The van der Waals surface area contributed by atoms with Crippen molar-refractivity contribution in [1.29, 1.82) is 5.26 Å². The number of benzene rings is 1. The van der Waals surface area contributed by atoms with Gasteiger partial charge in [-0.2, -0.15) is 5.26 Å². The van der Waals surface area contributed by atoms with Crippen LogP contribution in [-0.4, -0.2) is 4.98 Å². The molecule has 2 aromatic rings. The third-order valence-corrected chi connectivity index (χ3v) is 2.57. The average Bonchev–Trinajstić information content (AvgIpc) is 2.28. The first kappa shape index (κ1) is 11.6. The Hall–Kier alpha value is -1.86. The van der Waals surface area contributed by atoms with Gasteiger partial charge < -0.3 is 4.74 Å². The van der Waals surface area contributed by atoms with Crippen LogP contribution in [0.1, 0.15) is 11.3 Å². The smallest absolute Gasteiger partial charge is 0.220 e. The predicted octanol–water partition coefficient (Wildman–Crippen LogP) is 3.82. The van der Waals surface area contributed by atoms with Crippen molar-refractivity contribution in [2.24, 2.45) is 0 Å². The summed E-state index contributed by atoms with van der Waals surface area (Å²) in [4.78, 5) is 4.22. The second-order valence-electron chi connectivity index (χ2n) is 3.51. The van der Waals surface area contributed by atoms with Gasteiger partial charge in [0.05, 0.1) is 11.6 Å². The van der Waals surface area contributed by atoms with Crippen LogP contribution >= 0.6 is 15.9 Å². The fourth-order valence-corrected chi connectivity index (χ4v) is 1.78. The van der Waals surface area contributed by atoms with Crippen molar-refractivity contribution in [1.82, 2.24) is 4.98 Å². The summed E-state index contributed by atoms with van der Waals surface area (Å²) in [5, 5.41) is 8.86. The minimum Gasteiger partial charge on any atom is -0.439 e. The Morgan fingerprint density at radius 2 is 2.12 bits per heavy atom. The van der Waals surface area contributed by atoms with E-state index in [-0.39, 0.29) is 0 Å². The number of ether oxygens (including phenoxy) is 1. The van der Waals surface area contributed by atoms with Crippen LogP contribution in [0, 0.1) is 18.3 Å². The fraction of sp³-hybridized carbons (Fsp3) is 0.0769. The molecule has 0 bridgehead atoms. The van der Waals surface area contributed by atoms with E-state index in [0.717, 1.165) is 10.2 Å². The lowest BCUT2D eigenvalue weighted by atomic mass is 10.2. The van der Waals surface area contributed by atoms with Gasteiger partial charge in [-0.3, -0.25) is 0 Å². The van der Waals surface area contributed by atoms with Crippen molar-refractivity contribution < 1.29 is 4.74 Å². The second-order valence-corrected chi connectivity index (χ2v) is 4.42. The number of nitriles is 1. The summed E-state index contributed by atoms with van der Waals surface area (Å²) in [7, 11) is 0. The lowest BCUT2D eigenvalue weighted by molar-refractivity contribution is 0.461. The molecule has 0 aliphatic carbocycles. The molecule has 0 amide bonds. The molecular weight excluding hydrogens is 280 g/mol. The molecule has 17 heavy (non-hydrogen) atoms. The topological polar surface area (TPSA) is 45.9 Å². The highest BCUT2D eigenvalue weighted by Gasteiger charge is 2.02. The number of hydrogen-bond donors (Lipinski definition) is 0. The first-order valence-electron chi connectivity index (χ1n) is 4.99. The summed E-state index contributed by atoms with van der Waals surface area (Å²) in [6.45, 7) is 1.83. The van der Waals surface area contributed by atoms with Gasteiger partial charge in [0.1, 0.15) is 5.75 Å². The van der Waals surface area contributed by atoms with Crippen molar-refractivity contribution in [2.75, 3.05) is 0 Å². The average molecular weight is 289 g/mol. The number of halogens is 1. The Balaban J connectivity index is 2.30. The van der Waals surface area contributed by atoms with Crippen LogP contribution in [0.15, 0.2) is 40.9 Å². The molecule has 0 atom stereocenters. The number of nitrogens with zero attached hydrogens (tertiary/aromatic N) is 2. The normalized spacial score (nSPS) is 9.71. The van der Waals surface area contributed by atoms with Gasteiger partial charge in [0, 0.05) is 16.2 Å². The summed E-state index contributed by atoms with van der Waals surface area (Å²) < 4.78 is 6.52. The zero-order chi connectivity index (χ0) is 12.3. The van der Waals surface area contributed by atoms with Gasteiger partial charge in [0.2, 0.25) is 5.88 Å². The highest BCUT2D eigenvalue weighted by molar-refractivity contribution is 9.10. The molecule has 1 heterocycles. The number of aromatic nitrogens is 1. The highest BCUT2D eigenvalue weighted by Crippen LogP contribution is 2.23. The van der Waals surface area contributed by atoms with Crippen molar-refractivity contribution in [3.05, 3.63) is 52.1 Å². The van der Waals surface area contributed by atoms with E-state index in [4.69, 9.17) is 10.00 Å². The maximum atomic E-state index is 8.86. The Labute approximate surface area is 108 Å². The molecule has 0 unspecified atom stereocenters. The molecule has 1 aromatic carbocycles. The van der Waals surface area contributed by atoms with E-state index >= 15 is 0 Å². The van der Waals surface area contributed by atoms with E-state index in [0.29, 0.717) is 17.2 Å². The van der Waals surface area contributed by atoms with Gasteiger partial charge in [-0.15, -0.1) is 0 Å². The van der Waals surface area contributed by atoms with Crippen LogP contribution in [0.2, 0.25) is 0 Å². The van der Waals surface area contributed by atoms with Crippen molar-refractivity contribution in [3.8, 4) is 17.7 Å². The molecule has 2 rings (SSSR count). The Bertz CT molecular complexity index is 590. The summed E-state index contributed by atoms with van der Waals surface area (Å²) in [6.07, 6.45) is 0. The highest BCUT2D eigenvalue weighted by atomic mass is 79.9. The largest absolute Gasteiger partial charge is 0.439 e. The number of hydrogen-bond acceptors (Lipinski definition) is 3. The molecule has 0 aliphatic rings. The zero-order valence-electron chi connectivity index (χ0n) is 9.14. The van der Waals surface area contributed by atoms with Crippen LogP contribution in [0.5, 0.6) is 11.6 Å². The maximum absolute atomic E-state index is 8.86. The molecule has 3 nitrogen and oxygen atoms in total. The van der Waals surface area contributed by atoms with Gasteiger partial charge in [0.15, 0.2) is 0 Å². The number of aryl methyl sites for hydroxylation is 1. The summed E-state index contributed by atoms with van der Waals surface area (Å²) in [6, 6.07) is 12.9. The van der Waals surface area contributed by atoms with Gasteiger partial charge in [-0.25, -0.2) is 4.98 Å². The summed E-state index contributed by atoms with van der Waals surface area (Å²) in [5.74, 6) is 1.11. The minimum atomic E-state index is 0.430. The number of pyridine rings is 1. The lowest BCUT2D eigenvalue weighted by Gasteiger charge is -2.06. The summed E-state index contributed by atoms with van der Waals surface area (Å²) in [5.41, 5.74) is 1.30. The molecule has 0 spiro atoms. The predicted molar refractivity (Wildman–Crippen MR) is 67.9 cm³/mol. The quantitative estimate of drug-likeness (QED) is 0.844. The molecule has 84 valence electrons. The first-order chi connectivity index (χ1) is 8.17. The third-order valence-electron chi connectivity index (χ3n) is 2.08. The molecule has 4 heteroatoms. The molecule has 0 radical (unpaired) electrons. The third kappa shape index (κ3) is 3.05. The minimum absolute atomic E-state index is 0.430. The van der Waals surface area contributed by atoms with Gasteiger partial charge in [-0.1, -0.05) is 22.0 Å². The Morgan fingerprint density at radius 1 is 1.29 bits per heavy atom. The summed E-state index contributed by atoms with van der Waals surface area (Å²) >= 11 is 3.37. The van der Waals surface area contributed by atoms with E-state index in [1.807, 2.05) is 31.2 Å². The zero-order valence-corrected chi connectivity index (χ0v) is 10.7. The van der Waals surface area contributed by atoms with Crippen molar-refractivity contribution in [2.45, 2.75) is 6.92 Å². The molecule has 0 aliphatic heterocycles. The first-order valence-corrected chi connectivity index (χ1v) is 5.79. The van der Waals surface area contributed by atoms with Gasteiger partial charge in [0.25, 0.3) is 0 Å². The van der Waals surface area contributed by atoms with Gasteiger partial charge in [-0.05, 0) is 31.2 Å². The van der Waals surface area contributed by atoms with Crippen LogP contribution in [0.4, 0.5) is 0 Å². The number of rotatable bonds is 2.